The van der Waals surface area contributed by atoms with Crippen molar-refractivity contribution in [2.75, 3.05) is 18.0 Å². The fraction of sp³-hybridized carbons (Fsp3) is 0.304. The first-order valence-corrected chi connectivity index (χ1v) is 10.6. The second-order valence-corrected chi connectivity index (χ2v) is 8.42. The van der Waals surface area contributed by atoms with Gasteiger partial charge in [-0.15, -0.1) is 0 Å². The van der Waals surface area contributed by atoms with E-state index >= 15 is 0 Å². The summed E-state index contributed by atoms with van der Waals surface area (Å²) in [7, 11) is 0. The summed E-state index contributed by atoms with van der Waals surface area (Å²) in [5.74, 6) is -0.200. The van der Waals surface area contributed by atoms with Gasteiger partial charge < -0.3 is 20.4 Å². The van der Waals surface area contributed by atoms with Crippen LogP contribution in [-0.4, -0.2) is 50.4 Å². The molecule has 164 valence electrons. The summed E-state index contributed by atoms with van der Waals surface area (Å²) in [6.07, 6.45) is 6.78. The van der Waals surface area contributed by atoms with Crippen molar-refractivity contribution < 1.29 is 4.39 Å². The van der Waals surface area contributed by atoms with Gasteiger partial charge in [0, 0.05) is 61.6 Å². The predicted octanol–water partition coefficient (Wildman–Crippen LogP) is 2.95. The van der Waals surface area contributed by atoms with Gasteiger partial charge in [0.25, 0.3) is 0 Å². The van der Waals surface area contributed by atoms with Gasteiger partial charge in [0.15, 0.2) is 11.5 Å². The summed E-state index contributed by atoms with van der Waals surface area (Å²) < 4.78 is 16.1. The normalized spacial score (nSPS) is 19.8. The Bertz CT molecular complexity index is 1330. The third-order valence-corrected chi connectivity index (χ3v) is 5.64. The molecule has 1 aliphatic rings. The highest BCUT2D eigenvalue weighted by molar-refractivity contribution is 6.10. The first kappa shape index (κ1) is 20.3. The van der Waals surface area contributed by atoms with Gasteiger partial charge in [-0.3, -0.25) is 9.97 Å². The average molecular weight is 433 g/mol. The van der Waals surface area contributed by atoms with Crippen molar-refractivity contribution >= 4 is 33.9 Å². The van der Waals surface area contributed by atoms with Crippen LogP contribution in [0.15, 0.2) is 48.0 Å². The van der Waals surface area contributed by atoms with Crippen LogP contribution in [0.2, 0.25) is 0 Å². The zero-order valence-corrected chi connectivity index (χ0v) is 18.2. The minimum Gasteiger partial charge on any atom is -0.383 e. The molecule has 1 fully saturated rings. The van der Waals surface area contributed by atoms with E-state index in [-0.39, 0.29) is 11.5 Å². The summed E-state index contributed by atoms with van der Waals surface area (Å²) in [4.78, 5) is 20.1. The lowest BCUT2D eigenvalue weighted by molar-refractivity contribution is 0.407. The molecule has 0 saturated carbocycles. The first-order valence-electron chi connectivity index (χ1n) is 10.6. The number of nitrogens with one attached hydrogen (secondary N) is 1. The minimum atomic E-state index is -0.450. The minimum absolute atomic E-state index is 0.250. The monoisotopic (exact) mass is 432 g/mol. The van der Waals surface area contributed by atoms with Gasteiger partial charge in [0.1, 0.15) is 16.9 Å². The van der Waals surface area contributed by atoms with E-state index in [1.165, 1.54) is 6.07 Å². The molecule has 3 N–H and O–H groups in total. The van der Waals surface area contributed by atoms with E-state index in [0.29, 0.717) is 28.9 Å². The Hall–Kier alpha value is -3.59. The molecule has 4 heterocycles. The molecular formula is C23H25FN8. The number of benzene rings is 1. The zero-order valence-electron chi connectivity index (χ0n) is 18.2. The Morgan fingerprint density at radius 1 is 1.12 bits per heavy atom. The molecule has 0 radical (unpaired) electrons. The van der Waals surface area contributed by atoms with Gasteiger partial charge in [0.2, 0.25) is 0 Å². The molecule has 2 atom stereocenters. The molecule has 0 amide bonds. The molecule has 0 aliphatic carbocycles. The first-order chi connectivity index (χ1) is 15.4. The lowest BCUT2D eigenvalue weighted by atomic mass is 10.1. The summed E-state index contributed by atoms with van der Waals surface area (Å²) >= 11 is 0. The smallest absolute Gasteiger partial charge is 0.173 e. The van der Waals surface area contributed by atoms with Crippen molar-refractivity contribution in [2.24, 2.45) is 10.7 Å². The highest BCUT2D eigenvalue weighted by atomic mass is 19.1. The number of aromatic nitrogens is 4. The number of amidine groups is 1. The van der Waals surface area contributed by atoms with Crippen molar-refractivity contribution in [1.29, 1.82) is 0 Å². The number of imidazole rings is 1. The van der Waals surface area contributed by atoms with Crippen LogP contribution in [0.25, 0.3) is 16.7 Å². The van der Waals surface area contributed by atoms with Crippen molar-refractivity contribution in [3.05, 3.63) is 60.1 Å². The molecule has 1 aliphatic heterocycles. The van der Waals surface area contributed by atoms with Gasteiger partial charge in [0.05, 0.1) is 17.1 Å². The summed E-state index contributed by atoms with van der Waals surface area (Å²) in [6.45, 7) is 7.92. The number of rotatable bonds is 3. The van der Waals surface area contributed by atoms with Crippen molar-refractivity contribution in [3.63, 3.8) is 0 Å². The maximum atomic E-state index is 14.5. The van der Waals surface area contributed by atoms with Gasteiger partial charge >= 0.3 is 0 Å². The maximum absolute atomic E-state index is 14.5. The third kappa shape index (κ3) is 3.64. The lowest BCUT2D eigenvalue weighted by Gasteiger charge is -2.38. The molecule has 2 unspecified atom stereocenters. The van der Waals surface area contributed by atoms with Crippen LogP contribution in [-0.2, 0) is 0 Å². The number of hydrogen-bond acceptors (Lipinski definition) is 6. The zero-order chi connectivity index (χ0) is 22.4. The SMILES string of the molecule is Cc1cn2cc(N=C(N)c3ccc(N4CC(C)NC(C)C4)c4nccnc34)cc(F)c2n1. The summed E-state index contributed by atoms with van der Waals surface area (Å²) in [6, 6.07) is 6.00. The van der Waals surface area contributed by atoms with Crippen molar-refractivity contribution in [2.45, 2.75) is 32.9 Å². The Kier molecular flexibility index (Phi) is 4.97. The number of fused-ring (bicyclic) bond motifs is 2. The maximum Gasteiger partial charge on any atom is 0.173 e. The number of anilines is 1. The Morgan fingerprint density at radius 2 is 1.84 bits per heavy atom. The standard InChI is InChI=1S/C23H25FN8/c1-13-9-31(10-14(2)28-13)19-5-4-17(20-21(19)27-7-6-26-20)22(25)30-16-8-18(24)23-29-15(3)11-32(23)12-16/h4-8,11-14,28H,9-10H2,1-3H3,(H2,25,30). The number of halogens is 1. The molecule has 0 spiro atoms. The molecule has 1 saturated heterocycles. The largest absolute Gasteiger partial charge is 0.383 e. The van der Waals surface area contributed by atoms with Crippen LogP contribution >= 0.6 is 0 Å². The quantitative estimate of drug-likeness (QED) is 0.382. The molecule has 3 aromatic heterocycles. The highest BCUT2D eigenvalue weighted by Crippen LogP contribution is 2.29. The number of nitrogens with zero attached hydrogens (tertiary/aromatic N) is 6. The Morgan fingerprint density at radius 3 is 2.59 bits per heavy atom. The number of nitrogens with two attached hydrogens (primary N) is 1. The molecule has 32 heavy (non-hydrogen) atoms. The Labute approximate surface area is 185 Å². The predicted molar refractivity (Wildman–Crippen MR) is 124 cm³/mol. The number of aryl methyl sites for hydroxylation is 1. The number of piperazine rings is 1. The average Bonchev–Trinajstić information content (AvgIpc) is 3.13. The number of hydrogen-bond donors (Lipinski definition) is 2. The van der Waals surface area contributed by atoms with Crippen LogP contribution in [0, 0.1) is 12.7 Å². The van der Waals surface area contributed by atoms with Crippen LogP contribution in [0.3, 0.4) is 0 Å². The van der Waals surface area contributed by atoms with Gasteiger partial charge in [-0.1, -0.05) is 0 Å². The van der Waals surface area contributed by atoms with E-state index in [0.717, 1.165) is 30.0 Å². The van der Waals surface area contributed by atoms with Crippen LogP contribution in [0.4, 0.5) is 15.8 Å². The molecule has 1 aromatic carbocycles. The van der Waals surface area contributed by atoms with E-state index in [1.54, 1.807) is 29.2 Å². The fourth-order valence-electron chi connectivity index (χ4n) is 4.45. The van der Waals surface area contributed by atoms with E-state index < -0.39 is 5.82 Å². The van der Waals surface area contributed by atoms with Crippen molar-refractivity contribution in [3.8, 4) is 0 Å². The molecule has 5 rings (SSSR count). The lowest BCUT2D eigenvalue weighted by Crippen LogP contribution is -2.54. The summed E-state index contributed by atoms with van der Waals surface area (Å²) in [5, 5.41) is 3.55. The van der Waals surface area contributed by atoms with E-state index in [2.05, 4.69) is 44.0 Å². The van der Waals surface area contributed by atoms with E-state index in [4.69, 9.17) is 5.73 Å². The van der Waals surface area contributed by atoms with Gasteiger partial charge in [-0.2, -0.15) is 0 Å². The number of aliphatic imine (C=N–C) groups is 1. The van der Waals surface area contributed by atoms with Crippen LogP contribution < -0.4 is 16.0 Å². The van der Waals surface area contributed by atoms with Crippen LogP contribution in [0.1, 0.15) is 25.1 Å². The van der Waals surface area contributed by atoms with E-state index in [9.17, 15) is 4.39 Å². The van der Waals surface area contributed by atoms with Gasteiger partial charge in [-0.05, 0) is 32.9 Å². The molecule has 9 heteroatoms. The van der Waals surface area contributed by atoms with Crippen molar-refractivity contribution in [1.82, 2.24) is 24.7 Å². The molecular weight excluding hydrogens is 407 g/mol. The molecule has 8 nitrogen and oxygen atoms in total. The second kappa shape index (κ2) is 7.83. The number of pyridine rings is 1. The molecule has 4 aromatic rings. The second-order valence-electron chi connectivity index (χ2n) is 8.42. The van der Waals surface area contributed by atoms with Gasteiger partial charge in [-0.25, -0.2) is 14.4 Å². The van der Waals surface area contributed by atoms with Crippen LogP contribution in [0.5, 0.6) is 0 Å². The summed E-state index contributed by atoms with van der Waals surface area (Å²) in [5.41, 5.74) is 10.9. The molecule has 0 bridgehead atoms. The highest BCUT2D eigenvalue weighted by Gasteiger charge is 2.24. The topological polar surface area (TPSA) is 96.7 Å². The van der Waals surface area contributed by atoms with E-state index in [1.807, 2.05) is 19.1 Å². The fourth-order valence-corrected chi connectivity index (χ4v) is 4.45. The third-order valence-electron chi connectivity index (χ3n) is 5.64. The Balaban J connectivity index is 1.57.